The lowest BCUT2D eigenvalue weighted by molar-refractivity contribution is 0.0844. The number of rotatable bonds is 3. The molecule has 0 aliphatic rings. The minimum absolute atomic E-state index is 0.0419. The van der Waals surface area contributed by atoms with Crippen LogP contribution in [0, 0.1) is 0 Å². The Morgan fingerprint density at radius 1 is 1.09 bits per heavy atom. The summed E-state index contributed by atoms with van der Waals surface area (Å²) in [6, 6.07) is 8.23. The fourth-order valence-electron chi connectivity index (χ4n) is 1.61. The van der Waals surface area contributed by atoms with Crippen molar-refractivity contribution in [3.63, 3.8) is 0 Å². The molecule has 0 atom stereocenters. The van der Waals surface area contributed by atoms with E-state index in [1.807, 2.05) is 0 Å². The number of amides is 2. The summed E-state index contributed by atoms with van der Waals surface area (Å²) in [6.07, 6.45) is 1.42. The molecule has 2 aromatic rings. The fourth-order valence-corrected chi connectivity index (χ4v) is 2.68. The van der Waals surface area contributed by atoms with Crippen molar-refractivity contribution in [1.29, 1.82) is 0 Å². The zero-order chi connectivity index (χ0) is 17.0. The first-order chi connectivity index (χ1) is 10.8. The van der Waals surface area contributed by atoms with Crippen LogP contribution in [-0.4, -0.2) is 25.2 Å². The molecule has 1 aromatic heterocycles. The Balaban J connectivity index is 2.11. The number of pyridine rings is 1. The van der Waals surface area contributed by atoms with Crippen molar-refractivity contribution >= 4 is 33.4 Å². The van der Waals surface area contributed by atoms with Gasteiger partial charge in [0.25, 0.3) is 11.8 Å². The largest absolute Gasteiger partial charge is 0.288 e. The van der Waals surface area contributed by atoms with Crippen LogP contribution in [0.4, 0.5) is 0 Å². The molecule has 0 spiro atoms. The van der Waals surface area contributed by atoms with Crippen LogP contribution in [0.3, 0.4) is 0 Å². The van der Waals surface area contributed by atoms with Crippen LogP contribution < -0.4 is 16.0 Å². The van der Waals surface area contributed by atoms with E-state index >= 15 is 0 Å². The molecule has 1 heterocycles. The quantitative estimate of drug-likeness (QED) is 0.689. The van der Waals surface area contributed by atoms with Gasteiger partial charge in [-0.1, -0.05) is 17.7 Å². The summed E-state index contributed by atoms with van der Waals surface area (Å²) in [7, 11) is -4.07. The molecule has 10 heteroatoms. The third-order valence-corrected chi connectivity index (χ3v) is 4.08. The molecule has 0 saturated heterocycles. The number of sulfonamides is 1. The first-order valence-electron chi connectivity index (χ1n) is 6.13. The Labute approximate surface area is 136 Å². The van der Waals surface area contributed by atoms with Crippen molar-refractivity contribution < 1.29 is 18.0 Å². The number of nitrogens with two attached hydrogens (primary N) is 1. The minimum Gasteiger partial charge on any atom is -0.267 e. The third kappa shape index (κ3) is 4.25. The number of nitrogens with zero attached hydrogens (tertiary/aromatic N) is 1. The average molecular weight is 355 g/mol. The van der Waals surface area contributed by atoms with E-state index in [9.17, 15) is 18.0 Å². The lowest BCUT2D eigenvalue weighted by Gasteiger charge is -2.08. The molecule has 0 aliphatic heterocycles. The van der Waals surface area contributed by atoms with Gasteiger partial charge in [0.1, 0.15) is 10.6 Å². The second-order valence-electron chi connectivity index (χ2n) is 4.31. The number of hydrazine groups is 1. The summed E-state index contributed by atoms with van der Waals surface area (Å²) in [5, 5.41) is 4.89. The number of carbonyl (C=O) groups excluding carboxylic acids is 2. The van der Waals surface area contributed by atoms with Gasteiger partial charge in [-0.05, 0) is 30.3 Å². The number of primary sulfonamides is 1. The predicted octanol–water partition coefficient (Wildman–Crippen LogP) is 0.457. The van der Waals surface area contributed by atoms with Crippen LogP contribution >= 0.6 is 11.6 Å². The summed E-state index contributed by atoms with van der Waals surface area (Å²) in [6.45, 7) is 0. The number of halogens is 1. The second kappa shape index (κ2) is 6.73. The summed E-state index contributed by atoms with van der Waals surface area (Å²) in [5.74, 6) is -1.37. The van der Waals surface area contributed by atoms with E-state index in [1.54, 1.807) is 12.1 Å². The Hall–Kier alpha value is -2.49. The highest BCUT2D eigenvalue weighted by Crippen LogP contribution is 2.21. The number of hydrogen-bond acceptors (Lipinski definition) is 5. The maximum absolute atomic E-state index is 11.9. The number of carbonyl (C=O) groups is 2. The standard InChI is InChI=1S/C13H11ClN4O4S/c14-9-5-4-8(7-11(9)23(15,21)22)12(19)17-18-13(20)10-3-1-2-6-16-10/h1-7H,(H,17,19)(H,18,20)(H2,15,21,22). The monoisotopic (exact) mass is 354 g/mol. The maximum atomic E-state index is 11.9. The highest BCUT2D eigenvalue weighted by atomic mass is 35.5. The van der Waals surface area contributed by atoms with Crippen molar-refractivity contribution in [1.82, 2.24) is 15.8 Å². The summed E-state index contributed by atoms with van der Waals surface area (Å²) < 4.78 is 22.7. The second-order valence-corrected chi connectivity index (χ2v) is 6.25. The van der Waals surface area contributed by atoms with Gasteiger partial charge in [0.05, 0.1) is 5.02 Å². The Morgan fingerprint density at radius 2 is 1.78 bits per heavy atom. The normalized spacial score (nSPS) is 10.9. The summed E-state index contributed by atoms with van der Waals surface area (Å²) in [4.78, 5) is 27.1. The van der Waals surface area contributed by atoms with Gasteiger partial charge in [0, 0.05) is 11.8 Å². The number of nitrogens with one attached hydrogen (secondary N) is 2. The van der Waals surface area contributed by atoms with E-state index in [0.717, 1.165) is 6.07 Å². The minimum atomic E-state index is -4.07. The van der Waals surface area contributed by atoms with E-state index < -0.39 is 21.8 Å². The summed E-state index contributed by atoms with van der Waals surface area (Å²) in [5.41, 5.74) is 4.36. The molecule has 0 bridgehead atoms. The van der Waals surface area contributed by atoms with Crippen LogP contribution in [0.2, 0.25) is 5.02 Å². The lowest BCUT2D eigenvalue weighted by atomic mass is 10.2. The van der Waals surface area contributed by atoms with E-state index in [2.05, 4.69) is 15.8 Å². The van der Waals surface area contributed by atoms with E-state index in [1.165, 1.54) is 24.4 Å². The zero-order valence-electron chi connectivity index (χ0n) is 11.5. The van der Waals surface area contributed by atoms with Crippen molar-refractivity contribution in [3.05, 3.63) is 58.9 Å². The molecule has 0 radical (unpaired) electrons. The molecule has 23 heavy (non-hydrogen) atoms. The molecule has 0 aliphatic carbocycles. The molecule has 2 amide bonds. The average Bonchev–Trinajstić information content (AvgIpc) is 2.52. The van der Waals surface area contributed by atoms with Crippen LogP contribution in [0.15, 0.2) is 47.5 Å². The predicted molar refractivity (Wildman–Crippen MR) is 82.0 cm³/mol. The zero-order valence-corrected chi connectivity index (χ0v) is 13.1. The van der Waals surface area contributed by atoms with Gasteiger partial charge in [-0.3, -0.25) is 25.4 Å². The van der Waals surface area contributed by atoms with Gasteiger partial charge in [-0.25, -0.2) is 13.6 Å². The number of aromatic nitrogens is 1. The van der Waals surface area contributed by atoms with Crippen molar-refractivity contribution in [2.24, 2.45) is 5.14 Å². The highest BCUT2D eigenvalue weighted by Gasteiger charge is 2.17. The first-order valence-corrected chi connectivity index (χ1v) is 8.05. The van der Waals surface area contributed by atoms with Crippen LogP contribution in [0.1, 0.15) is 20.8 Å². The van der Waals surface area contributed by atoms with Crippen molar-refractivity contribution in [2.45, 2.75) is 4.90 Å². The molecular formula is C13H11ClN4O4S. The molecule has 2 rings (SSSR count). The highest BCUT2D eigenvalue weighted by molar-refractivity contribution is 7.89. The third-order valence-electron chi connectivity index (χ3n) is 2.69. The molecule has 1 aromatic carbocycles. The number of hydrogen-bond donors (Lipinski definition) is 3. The van der Waals surface area contributed by atoms with Gasteiger partial charge in [-0.15, -0.1) is 0 Å². The van der Waals surface area contributed by atoms with Crippen LogP contribution in [0.25, 0.3) is 0 Å². The van der Waals surface area contributed by atoms with Crippen molar-refractivity contribution in [3.8, 4) is 0 Å². The lowest BCUT2D eigenvalue weighted by Crippen LogP contribution is -2.42. The van der Waals surface area contributed by atoms with E-state index in [0.29, 0.717) is 0 Å². The van der Waals surface area contributed by atoms with Gasteiger partial charge >= 0.3 is 0 Å². The van der Waals surface area contributed by atoms with Gasteiger partial charge in [0.15, 0.2) is 0 Å². The summed E-state index contributed by atoms with van der Waals surface area (Å²) >= 11 is 5.72. The fraction of sp³-hybridized carbons (Fsp3) is 0. The number of benzene rings is 1. The molecule has 120 valence electrons. The molecule has 4 N–H and O–H groups in total. The van der Waals surface area contributed by atoms with Gasteiger partial charge in [-0.2, -0.15) is 0 Å². The Morgan fingerprint density at radius 3 is 2.39 bits per heavy atom. The Bertz CT molecular complexity index is 856. The molecule has 8 nitrogen and oxygen atoms in total. The van der Waals surface area contributed by atoms with Crippen molar-refractivity contribution in [2.75, 3.05) is 0 Å². The van der Waals surface area contributed by atoms with Crippen LogP contribution in [0.5, 0.6) is 0 Å². The smallest absolute Gasteiger partial charge is 0.267 e. The SMILES string of the molecule is NS(=O)(=O)c1cc(C(=O)NNC(=O)c2ccccn2)ccc1Cl. The van der Waals surface area contributed by atoms with E-state index in [4.69, 9.17) is 16.7 Å². The molecule has 0 unspecified atom stereocenters. The molecular weight excluding hydrogens is 344 g/mol. The topological polar surface area (TPSA) is 131 Å². The van der Waals surface area contributed by atoms with Crippen LogP contribution in [-0.2, 0) is 10.0 Å². The molecule has 0 fully saturated rings. The van der Waals surface area contributed by atoms with Gasteiger partial charge < -0.3 is 0 Å². The molecule has 0 saturated carbocycles. The van der Waals surface area contributed by atoms with E-state index in [-0.39, 0.29) is 21.2 Å². The maximum Gasteiger partial charge on any atom is 0.288 e. The first kappa shape index (κ1) is 16.9. The Kier molecular flexibility index (Phi) is 4.94. The van der Waals surface area contributed by atoms with Gasteiger partial charge in [0.2, 0.25) is 10.0 Å².